The number of rotatable bonds is 3. The maximum atomic E-state index is 13.5. The van der Waals surface area contributed by atoms with Gasteiger partial charge in [0.05, 0.1) is 24.4 Å². The van der Waals surface area contributed by atoms with Crippen LogP contribution in [-0.2, 0) is 19.2 Å². The molecule has 3 fully saturated rings. The maximum Gasteiger partial charge on any atom is 0.254 e. The Labute approximate surface area is 207 Å². The van der Waals surface area contributed by atoms with E-state index in [0.29, 0.717) is 11.3 Å². The molecule has 1 saturated carbocycles. The number of fused-ring (bicyclic) bond motifs is 4. The Morgan fingerprint density at radius 1 is 1.18 bits per heavy atom. The van der Waals surface area contributed by atoms with Crippen LogP contribution in [0.4, 0.5) is 0 Å². The SMILES string of the molecule is COc1ccc(C2C3=CCC4C(=O)NC(=O)C4C3CC3(Cl)C(=O)N(CBr)C(=O)C23Cl)c(O)c1. The van der Waals surface area contributed by atoms with Gasteiger partial charge in [-0.1, -0.05) is 33.6 Å². The number of amides is 4. The second-order valence-corrected chi connectivity index (χ2v) is 10.5. The van der Waals surface area contributed by atoms with Crippen molar-refractivity contribution < 1.29 is 29.0 Å². The molecule has 6 unspecified atom stereocenters. The fraction of sp³-hybridized carbons (Fsp3) is 0.455. The van der Waals surface area contributed by atoms with Crippen LogP contribution in [0.2, 0.25) is 0 Å². The highest BCUT2D eigenvalue weighted by atomic mass is 79.9. The van der Waals surface area contributed by atoms with Crippen LogP contribution in [0, 0.1) is 17.8 Å². The predicted molar refractivity (Wildman–Crippen MR) is 121 cm³/mol. The van der Waals surface area contributed by atoms with Crippen LogP contribution >= 0.6 is 39.1 Å². The third kappa shape index (κ3) is 2.76. The lowest BCUT2D eigenvalue weighted by atomic mass is 9.56. The molecule has 2 aliphatic carbocycles. The predicted octanol–water partition coefficient (Wildman–Crippen LogP) is 2.40. The summed E-state index contributed by atoms with van der Waals surface area (Å²) in [5, 5.41) is 13.3. The van der Waals surface area contributed by atoms with Gasteiger partial charge in [0.15, 0.2) is 9.75 Å². The average Bonchev–Trinajstić information content (AvgIpc) is 3.15. The number of benzene rings is 1. The molecule has 2 heterocycles. The van der Waals surface area contributed by atoms with Gasteiger partial charge in [-0.15, -0.1) is 23.2 Å². The third-order valence-corrected chi connectivity index (χ3v) is 9.32. The van der Waals surface area contributed by atoms with Crippen molar-refractivity contribution >= 4 is 62.8 Å². The van der Waals surface area contributed by atoms with Gasteiger partial charge in [-0.3, -0.25) is 29.4 Å². The van der Waals surface area contributed by atoms with Crippen molar-refractivity contribution in [2.24, 2.45) is 17.8 Å². The molecule has 11 heteroatoms. The van der Waals surface area contributed by atoms with Gasteiger partial charge in [-0.2, -0.15) is 0 Å². The number of likely N-dealkylation sites (tertiary alicyclic amines) is 1. The van der Waals surface area contributed by atoms with E-state index in [4.69, 9.17) is 27.9 Å². The van der Waals surface area contributed by atoms with Crippen molar-refractivity contribution in [3.8, 4) is 11.5 Å². The molecule has 1 aromatic carbocycles. The second-order valence-electron chi connectivity index (χ2n) is 8.76. The van der Waals surface area contributed by atoms with Crippen molar-refractivity contribution in [2.45, 2.75) is 28.5 Å². The zero-order chi connectivity index (χ0) is 23.9. The number of alkyl halides is 3. The number of nitrogens with zero attached hydrogens (tertiary/aromatic N) is 1. The Morgan fingerprint density at radius 3 is 2.55 bits per heavy atom. The standard InChI is InChI=1S/C22H19BrCl2N2O6/c1-33-9-2-3-11(14(28)6-9)16-10-4-5-12-15(18(30)26-17(12)29)13(10)7-21(24)19(31)27(8-23)20(32)22(16,21)25/h2-4,6,12-13,15-16,28H,5,7-8H2,1H3,(H,26,29,30). The molecule has 1 aromatic rings. The summed E-state index contributed by atoms with van der Waals surface area (Å²) in [4.78, 5) is 49.1. The van der Waals surface area contributed by atoms with E-state index in [9.17, 15) is 24.3 Å². The van der Waals surface area contributed by atoms with Gasteiger partial charge >= 0.3 is 0 Å². The highest BCUT2D eigenvalue weighted by Gasteiger charge is 2.76. The van der Waals surface area contributed by atoms with E-state index in [1.54, 1.807) is 18.2 Å². The summed E-state index contributed by atoms with van der Waals surface area (Å²) < 4.78 is 5.17. The zero-order valence-corrected chi connectivity index (χ0v) is 20.4. The molecule has 0 aromatic heterocycles. The number of phenols is 1. The molecular weight excluding hydrogens is 539 g/mol. The summed E-state index contributed by atoms with van der Waals surface area (Å²) in [6.45, 7) is 0. The first-order valence-electron chi connectivity index (χ1n) is 10.3. The van der Waals surface area contributed by atoms with E-state index >= 15 is 0 Å². The topological polar surface area (TPSA) is 113 Å². The summed E-state index contributed by atoms with van der Waals surface area (Å²) in [6, 6.07) is 4.57. The fourth-order valence-electron chi connectivity index (χ4n) is 5.90. The molecule has 2 N–H and O–H groups in total. The number of hydrogen-bond donors (Lipinski definition) is 2. The zero-order valence-electron chi connectivity index (χ0n) is 17.3. The minimum absolute atomic E-state index is 0.0900. The number of methoxy groups -OCH3 is 1. The minimum Gasteiger partial charge on any atom is -0.508 e. The van der Waals surface area contributed by atoms with Crippen LogP contribution in [0.25, 0.3) is 0 Å². The van der Waals surface area contributed by atoms with Crippen LogP contribution < -0.4 is 10.1 Å². The molecule has 0 bridgehead atoms. The van der Waals surface area contributed by atoms with Crippen molar-refractivity contribution in [2.75, 3.05) is 12.6 Å². The Bertz CT molecular complexity index is 1160. The Kier molecular flexibility index (Phi) is 5.12. The molecule has 4 amide bonds. The van der Waals surface area contributed by atoms with Crippen LogP contribution in [-0.4, -0.2) is 55.9 Å². The maximum absolute atomic E-state index is 13.5. The molecule has 33 heavy (non-hydrogen) atoms. The number of imide groups is 2. The molecule has 0 spiro atoms. The van der Waals surface area contributed by atoms with Gasteiger partial charge in [0.1, 0.15) is 11.5 Å². The molecule has 8 nitrogen and oxygen atoms in total. The smallest absolute Gasteiger partial charge is 0.254 e. The molecule has 4 aliphatic rings. The number of hydrogen-bond acceptors (Lipinski definition) is 6. The highest BCUT2D eigenvalue weighted by molar-refractivity contribution is 9.09. The normalized spacial score (nSPS) is 37.3. The Balaban J connectivity index is 1.76. The first kappa shape index (κ1) is 22.7. The average molecular weight is 558 g/mol. The van der Waals surface area contributed by atoms with Crippen LogP contribution in [0.5, 0.6) is 11.5 Å². The van der Waals surface area contributed by atoms with Gasteiger partial charge in [-0.05, 0) is 24.8 Å². The number of nitrogens with one attached hydrogen (secondary N) is 1. The first-order valence-corrected chi connectivity index (χ1v) is 12.2. The summed E-state index contributed by atoms with van der Waals surface area (Å²) in [5.74, 6) is -4.91. The molecule has 6 atom stereocenters. The lowest BCUT2D eigenvalue weighted by Gasteiger charge is -2.50. The number of carbonyl (C=O) groups excluding carboxylic acids is 4. The van der Waals surface area contributed by atoms with Crippen molar-refractivity contribution in [3.63, 3.8) is 0 Å². The van der Waals surface area contributed by atoms with Crippen LogP contribution in [0.3, 0.4) is 0 Å². The van der Waals surface area contributed by atoms with E-state index in [-0.39, 0.29) is 35.5 Å². The van der Waals surface area contributed by atoms with Crippen LogP contribution in [0.15, 0.2) is 29.8 Å². The van der Waals surface area contributed by atoms with Crippen molar-refractivity contribution in [1.29, 1.82) is 0 Å². The van der Waals surface area contributed by atoms with E-state index in [1.165, 1.54) is 13.2 Å². The van der Waals surface area contributed by atoms with Gasteiger partial charge in [-0.25, -0.2) is 0 Å². The molecule has 2 saturated heterocycles. The van der Waals surface area contributed by atoms with E-state index in [2.05, 4.69) is 21.2 Å². The number of carbonyl (C=O) groups is 4. The minimum atomic E-state index is -1.94. The van der Waals surface area contributed by atoms with Gasteiger partial charge < -0.3 is 9.84 Å². The molecule has 5 rings (SSSR count). The van der Waals surface area contributed by atoms with Crippen molar-refractivity contribution in [1.82, 2.24) is 10.2 Å². The third-order valence-electron chi connectivity index (χ3n) is 7.41. The van der Waals surface area contributed by atoms with Gasteiger partial charge in [0.2, 0.25) is 11.8 Å². The fourth-order valence-corrected chi connectivity index (χ4v) is 7.32. The molecule has 174 valence electrons. The summed E-state index contributed by atoms with van der Waals surface area (Å²) >= 11 is 17.2. The molecule has 0 radical (unpaired) electrons. The largest absolute Gasteiger partial charge is 0.508 e. The van der Waals surface area contributed by atoms with Crippen LogP contribution in [0.1, 0.15) is 24.3 Å². The summed E-state index contributed by atoms with van der Waals surface area (Å²) in [5.41, 5.74) is 0.793. The lowest BCUT2D eigenvalue weighted by Crippen LogP contribution is -2.60. The van der Waals surface area contributed by atoms with Gasteiger partial charge in [0, 0.05) is 17.5 Å². The summed E-state index contributed by atoms with van der Waals surface area (Å²) in [6.07, 6.45) is 1.98. The lowest BCUT2D eigenvalue weighted by molar-refractivity contribution is -0.138. The monoisotopic (exact) mass is 556 g/mol. The Hall–Kier alpha value is -2.10. The second kappa shape index (κ2) is 7.45. The van der Waals surface area contributed by atoms with Crippen molar-refractivity contribution in [3.05, 3.63) is 35.4 Å². The number of halogens is 3. The van der Waals surface area contributed by atoms with E-state index in [0.717, 1.165) is 4.90 Å². The van der Waals surface area contributed by atoms with Gasteiger partial charge in [0.25, 0.3) is 11.8 Å². The van der Waals surface area contributed by atoms with E-state index in [1.807, 2.05) is 0 Å². The summed E-state index contributed by atoms with van der Waals surface area (Å²) in [7, 11) is 1.45. The number of ether oxygens (including phenoxy) is 1. The number of allylic oxidation sites excluding steroid dienone is 2. The number of aromatic hydroxyl groups is 1. The van der Waals surface area contributed by atoms with E-state index < -0.39 is 51.1 Å². The first-order chi connectivity index (χ1) is 15.6. The molecule has 2 aliphatic heterocycles. The molecular formula is C22H19BrCl2N2O6. The number of phenolic OH excluding ortho intramolecular Hbond substituents is 1. The quantitative estimate of drug-likeness (QED) is 0.255. The Morgan fingerprint density at radius 2 is 1.91 bits per heavy atom. The highest BCUT2D eigenvalue weighted by Crippen LogP contribution is 2.65.